The number of aliphatic imine (C=N–C) groups is 1. The molecule has 0 fully saturated rings. The molecule has 0 aliphatic rings. The molecule has 0 spiro atoms. The molecule has 8 nitrogen and oxygen atoms in total. The molecule has 0 saturated carbocycles. The zero-order valence-corrected chi connectivity index (χ0v) is 25.0. The number of aromatic hydroxyl groups is 1. The molecule has 10 heteroatoms. The van der Waals surface area contributed by atoms with E-state index in [9.17, 15) is 9.90 Å². The Morgan fingerprint density at radius 3 is 2.41 bits per heavy atom. The number of halogens is 1. The smallest absolute Gasteiger partial charge is 0.264 e. The summed E-state index contributed by atoms with van der Waals surface area (Å²) in [6.45, 7) is 6.07. The van der Waals surface area contributed by atoms with Crippen LogP contribution < -0.4 is 15.0 Å². The topological polar surface area (TPSA) is 106 Å². The SMILES string of the molecule is C=C(Cc1csc(-c2ccc(Cl)cc2)n1)OC(=NC)c1c(O)c(-c2c(OC)cccc2OC)c(CCCC)[nH]c1=O. The number of aromatic nitrogens is 2. The third kappa shape index (κ3) is 6.64. The number of ether oxygens (including phenoxy) is 3. The molecule has 41 heavy (non-hydrogen) atoms. The predicted octanol–water partition coefficient (Wildman–Crippen LogP) is 7.03. The highest BCUT2D eigenvalue weighted by Crippen LogP contribution is 2.45. The summed E-state index contributed by atoms with van der Waals surface area (Å²) in [6.07, 6.45) is 2.51. The van der Waals surface area contributed by atoms with Gasteiger partial charge in [-0.1, -0.05) is 49.7 Å². The highest BCUT2D eigenvalue weighted by Gasteiger charge is 2.27. The van der Waals surface area contributed by atoms with Crippen LogP contribution in [0.2, 0.25) is 5.02 Å². The highest BCUT2D eigenvalue weighted by molar-refractivity contribution is 7.13. The van der Waals surface area contributed by atoms with E-state index in [1.807, 2.05) is 29.6 Å². The van der Waals surface area contributed by atoms with Gasteiger partial charge in [-0.15, -0.1) is 11.3 Å². The van der Waals surface area contributed by atoms with Gasteiger partial charge < -0.3 is 24.3 Å². The lowest BCUT2D eigenvalue weighted by Gasteiger charge is -2.20. The van der Waals surface area contributed by atoms with Crippen molar-refractivity contribution in [3.63, 3.8) is 0 Å². The number of aromatic amines is 1. The van der Waals surface area contributed by atoms with Gasteiger partial charge >= 0.3 is 0 Å². The van der Waals surface area contributed by atoms with E-state index in [0.29, 0.717) is 45.5 Å². The Morgan fingerprint density at radius 2 is 1.80 bits per heavy atom. The minimum absolute atomic E-state index is 0.0703. The lowest BCUT2D eigenvalue weighted by molar-refractivity contribution is 0.394. The van der Waals surface area contributed by atoms with Crippen molar-refractivity contribution < 1.29 is 19.3 Å². The van der Waals surface area contributed by atoms with E-state index in [2.05, 4.69) is 28.5 Å². The van der Waals surface area contributed by atoms with E-state index in [4.69, 9.17) is 25.8 Å². The van der Waals surface area contributed by atoms with Crippen molar-refractivity contribution in [2.24, 2.45) is 4.99 Å². The molecule has 0 aliphatic heterocycles. The second kappa shape index (κ2) is 13.5. The summed E-state index contributed by atoms with van der Waals surface area (Å²) in [5, 5.41) is 15.1. The third-order valence-corrected chi connectivity index (χ3v) is 7.60. The molecule has 4 aromatic rings. The zero-order chi connectivity index (χ0) is 29.5. The molecule has 0 saturated heterocycles. The summed E-state index contributed by atoms with van der Waals surface area (Å²) in [5.41, 5.74) is 2.53. The summed E-state index contributed by atoms with van der Waals surface area (Å²) >= 11 is 7.49. The van der Waals surface area contributed by atoms with Crippen LogP contribution in [0.5, 0.6) is 17.2 Å². The van der Waals surface area contributed by atoms with Crippen LogP contribution in [0, 0.1) is 0 Å². The third-order valence-electron chi connectivity index (χ3n) is 6.40. The number of H-pyrrole nitrogens is 1. The normalized spacial score (nSPS) is 11.4. The molecule has 0 radical (unpaired) electrons. The van der Waals surface area contributed by atoms with Crippen LogP contribution in [-0.4, -0.2) is 42.2 Å². The molecule has 2 aromatic carbocycles. The van der Waals surface area contributed by atoms with Crippen molar-refractivity contribution in [3.8, 4) is 38.9 Å². The average molecular weight is 594 g/mol. The largest absolute Gasteiger partial charge is 0.506 e. The van der Waals surface area contributed by atoms with Gasteiger partial charge in [-0.2, -0.15) is 0 Å². The Labute approximate surface area is 248 Å². The maximum atomic E-state index is 13.4. The van der Waals surface area contributed by atoms with Crippen molar-refractivity contribution in [3.05, 3.63) is 92.5 Å². The number of allylic oxidation sites excluding steroid dienone is 1. The molecular weight excluding hydrogens is 562 g/mol. The van der Waals surface area contributed by atoms with Crippen molar-refractivity contribution >= 4 is 28.8 Å². The van der Waals surface area contributed by atoms with Crippen LogP contribution in [0.15, 0.2) is 70.0 Å². The molecule has 214 valence electrons. The molecule has 4 rings (SSSR count). The fourth-order valence-corrected chi connectivity index (χ4v) is 5.39. The first-order valence-corrected chi connectivity index (χ1v) is 14.3. The number of thiazole rings is 1. The van der Waals surface area contributed by atoms with Crippen molar-refractivity contribution in [1.29, 1.82) is 0 Å². The van der Waals surface area contributed by atoms with Gasteiger partial charge in [0, 0.05) is 35.1 Å². The van der Waals surface area contributed by atoms with E-state index in [-0.39, 0.29) is 23.6 Å². The summed E-state index contributed by atoms with van der Waals surface area (Å²) in [4.78, 5) is 25.2. The summed E-state index contributed by atoms with van der Waals surface area (Å²) in [6, 6.07) is 12.8. The average Bonchev–Trinajstić information content (AvgIpc) is 3.43. The first-order chi connectivity index (χ1) is 19.8. The van der Waals surface area contributed by atoms with Gasteiger partial charge in [0.05, 0.1) is 31.0 Å². The second-order valence-electron chi connectivity index (χ2n) is 9.17. The quantitative estimate of drug-likeness (QED) is 0.110. The number of nitrogens with one attached hydrogen (secondary N) is 1. The number of pyridine rings is 1. The van der Waals surface area contributed by atoms with Crippen LogP contribution in [0.3, 0.4) is 0 Å². The molecular formula is C31H32ClN3O5S. The van der Waals surface area contributed by atoms with E-state index < -0.39 is 5.56 Å². The lowest BCUT2D eigenvalue weighted by atomic mass is 9.95. The van der Waals surface area contributed by atoms with Gasteiger partial charge in [0.15, 0.2) is 0 Å². The lowest BCUT2D eigenvalue weighted by Crippen LogP contribution is -2.23. The number of nitrogens with zero attached hydrogens (tertiary/aromatic N) is 2. The van der Waals surface area contributed by atoms with Crippen LogP contribution in [0.25, 0.3) is 21.7 Å². The highest BCUT2D eigenvalue weighted by atomic mass is 35.5. The minimum atomic E-state index is -0.529. The Balaban J connectivity index is 1.69. The number of hydrogen-bond acceptors (Lipinski definition) is 8. The summed E-state index contributed by atoms with van der Waals surface area (Å²) in [5.74, 6) is 0.920. The number of benzene rings is 2. The predicted molar refractivity (Wildman–Crippen MR) is 165 cm³/mol. The molecule has 0 aliphatic carbocycles. The van der Waals surface area contributed by atoms with Crippen molar-refractivity contribution in [2.45, 2.75) is 32.6 Å². The van der Waals surface area contributed by atoms with E-state index >= 15 is 0 Å². The van der Waals surface area contributed by atoms with Crippen LogP contribution >= 0.6 is 22.9 Å². The van der Waals surface area contributed by atoms with Crippen LogP contribution in [0.1, 0.15) is 36.7 Å². The number of hydrogen-bond donors (Lipinski definition) is 2. The number of unbranched alkanes of at least 4 members (excludes halogenated alkanes) is 1. The molecule has 2 heterocycles. The van der Waals surface area contributed by atoms with Crippen LogP contribution in [-0.2, 0) is 17.6 Å². The maximum absolute atomic E-state index is 13.4. The van der Waals surface area contributed by atoms with E-state index in [0.717, 1.165) is 29.1 Å². The van der Waals surface area contributed by atoms with Gasteiger partial charge in [-0.05, 0) is 37.1 Å². The number of rotatable bonds is 11. The Kier molecular flexibility index (Phi) is 9.86. The van der Waals surface area contributed by atoms with E-state index in [1.54, 1.807) is 18.2 Å². The van der Waals surface area contributed by atoms with Gasteiger partial charge in [-0.25, -0.2) is 4.98 Å². The number of methoxy groups -OCH3 is 2. The first kappa shape index (κ1) is 29.9. The van der Waals surface area contributed by atoms with Gasteiger partial charge in [0.1, 0.15) is 33.6 Å². The molecule has 0 unspecified atom stereocenters. The molecule has 2 N–H and O–H groups in total. The Morgan fingerprint density at radius 1 is 1.12 bits per heavy atom. The monoisotopic (exact) mass is 593 g/mol. The van der Waals surface area contributed by atoms with Crippen molar-refractivity contribution in [1.82, 2.24) is 9.97 Å². The minimum Gasteiger partial charge on any atom is -0.506 e. The van der Waals surface area contributed by atoms with Gasteiger partial charge in [0.2, 0.25) is 5.90 Å². The fourth-order valence-electron chi connectivity index (χ4n) is 4.44. The fraction of sp³-hybridized carbons (Fsp3) is 0.258. The molecule has 0 amide bonds. The summed E-state index contributed by atoms with van der Waals surface area (Å²) in [7, 11) is 4.56. The molecule has 0 bridgehead atoms. The van der Waals surface area contributed by atoms with Gasteiger partial charge in [0.25, 0.3) is 5.56 Å². The number of aryl methyl sites for hydroxylation is 1. The maximum Gasteiger partial charge on any atom is 0.264 e. The van der Waals surface area contributed by atoms with E-state index in [1.165, 1.54) is 32.6 Å². The summed E-state index contributed by atoms with van der Waals surface area (Å²) < 4.78 is 17.2. The second-order valence-corrected chi connectivity index (χ2v) is 10.5. The van der Waals surface area contributed by atoms with Gasteiger partial charge in [-0.3, -0.25) is 9.79 Å². The Hall–Kier alpha value is -4.08. The zero-order valence-electron chi connectivity index (χ0n) is 23.4. The Bertz CT molecular complexity index is 1600. The first-order valence-electron chi connectivity index (χ1n) is 13.0. The standard InChI is InChI=1S/C31H32ClN3O5S/c1-6-7-9-22-25(26-23(38-4)10-8-11-24(26)39-5)28(36)27(29(37)35-22)30(33-3)40-18(2)16-21-17-41-31(34-21)19-12-14-20(32)15-13-19/h8,10-15,17H,2,6-7,9,16H2,1,3-5H3,(H2,35,36,37). The van der Waals surface area contributed by atoms with Crippen molar-refractivity contribution in [2.75, 3.05) is 21.3 Å². The van der Waals surface area contributed by atoms with Crippen LogP contribution in [0.4, 0.5) is 0 Å². The molecule has 2 aromatic heterocycles. The molecule has 0 atom stereocenters.